The van der Waals surface area contributed by atoms with Gasteiger partial charge < -0.3 is 20.3 Å². The van der Waals surface area contributed by atoms with Crippen LogP contribution in [-0.2, 0) is 9.59 Å². The SMILES string of the molecule is CCCCN1C[C@H](C(=O)Nc2ccc(C(=O)Nc3cc(Cl)ccc3OC)cc2)CC1=O. The lowest BCUT2D eigenvalue weighted by atomic mass is 10.1. The highest BCUT2D eigenvalue weighted by molar-refractivity contribution is 6.31. The summed E-state index contributed by atoms with van der Waals surface area (Å²) in [6, 6.07) is 11.5. The Labute approximate surface area is 186 Å². The van der Waals surface area contributed by atoms with Gasteiger partial charge in [-0.1, -0.05) is 24.9 Å². The second-order valence-corrected chi connectivity index (χ2v) is 7.90. The lowest BCUT2D eigenvalue weighted by molar-refractivity contribution is -0.128. The highest BCUT2D eigenvalue weighted by atomic mass is 35.5. The van der Waals surface area contributed by atoms with Crippen molar-refractivity contribution >= 4 is 40.7 Å². The number of likely N-dealkylation sites (tertiary alicyclic amines) is 1. The highest BCUT2D eigenvalue weighted by Gasteiger charge is 2.33. The number of hydrogen-bond acceptors (Lipinski definition) is 4. The average molecular weight is 444 g/mol. The number of carbonyl (C=O) groups is 3. The van der Waals surface area contributed by atoms with Gasteiger partial charge in [-0.3, -0.25) is 14.4 Å². The first-order chi connectivity index (χ1) is 14.9. The van der Waals surface area contributed by atoms with Crippen molar-refractivity contribution in [1.82, 2.24) is 4.90 Å². The molecule has 0 spiro atoms. The zero-order valence-corrected chi connectivity index (χ0v) is 18.4. The fraction of sp³-hybridized carbons (Fsp3) is 0.348. The molecule has 1 aliphatic heterocycles. The summed E-state index contributed by atoms with van der Waals surface area (Å²) in [5.41, 5.74) is 1.46. The van der Waals surface area contributed by atoms with Crippen LogP contribution in [0.4, 0.5) is 11.4 Å². The molecule has 0 unspecified atom stereocenters. The van der Waals surface area contributed by atoms with E-state index in [-0.39, 0.29) is 30.1 Å². The Kier molecular flexibility index (Phi) is 7.52. The molecule has 0 aromatic heterocycles. The number of anilines is 2. The number of unbranched alkanes of at least 4 members (excludes halogenated alkanes) is 1. The van der Waals surface area contributed by atoms with Crippen molar-refractivity contribution in [3.05, 3.63) is 53.1 Å². The molecule has 2 aromatic rings. The standard InChI is InChI=1S/C23H26ClN3O4/c1-3-4-11-27-14-16(12-21(27)28)23(30)25-18-8-5-15(6-9-18)22(29)26-19-13-17(24)7-10-20(19)31-2/h5-10,13,16H,3-4,11-12,14H2,1-2H3,(H,25,30)(H,26,29)/t16-/m1/s1. The molecule has 0 saturated carbocycles. The molecule has 1 fully saturated rings. The Morgan fingerprint density at radius 3 is 2.58 bits per heavy atom. The van der Waals surface area contributed by atoms with Crippen LogP contribution < -0.4 is 15.4 Å². The van der Waals surface area contributed by atoms with Gasteiger partial charge >= 0.3 is 0 Å². The number of carbonyl (C=O) groups excluding carboxylic acids is 3. The predicted molar refractivity (Wildman–Crippen MR) is 121 cm³/mol. The van der Waals surface area contributed by atoms with Crippen molar-refractivity contribution in [3.8, 4) is 5.75 Å². The molecular formula is C23H26ClN3O4. The maximum atomic E-state index is 12.6. The number of amides is 3. The van der Waals surface area contributed by atoms with Gasteiger partial charge in [-0.05, 0) is 48.9 Å². The van der Waals surface area contributed by atoms with Crippen LogP contribution in [0.1, 0.15) is 36.5 Å². The number of halogens is 1. The third-order valence-electron chi connectivity index (χ3n) is 5.19. The van der Waals surface area contributed by atoms with E-state index in [1.165, 1.54) is 7.11 Å². The molecule has 1 heterocycles. The summed E-state index contributed by atoms with van der Waals surface area (Å²) in [6.07, 6.45) is 2.17. The lowest BCUT2D eigenvalue weighted by Gasteiger charge is -2.16. The van der Waals surface area contributed by atoms with Gasteiger partial charge in [-0.2, -0.15) is 0 Å². The van der Waals surface area contributed by atoms with Crippen LogP contribution in [0.2, 0.25) is 5.02 Å². The van der Waals surface area contributed by atoms with Gasteiger partial charge in [0.15, 0.2) is 0 Å². The number of benzene rings is 2. The fourth-order valence-corrected chi connectivity index (χ4v) is 3.61. The van der Waals surface area contributed by atoms with Crippen LogP contribution in [0.25, 0.3) is 0 Å². The van der Waals surface area contributed by atoms with Crippen molar-refractivity contribution in [1.29, 1.82) is 0 Å². The molecule has 1 saturated heterocycles. The maximum Gasteiger partial charge on any atom is 0.255 e. The summed E-state index contributed by atoms with van der Waals surface area (Å²) in [4.78, 5) is 38.9. The summed E-state index contributed by atoms with van der Waals surface area (Å²) >= 11 is 6.00. The van der Waals surface area contributed by atoms with Gasteiger partial charge in [0.25, 0.3) is 5.91 Å². The molecule has 3 rings (SSSR count). The number of methoxy groups -OCH3 is 1. The lowest BCUT2D eigenvalue weighted by Crippen LogP contribution is -2.29. The predicted octanol–water partition coefficient (Wildman–Crippen LogP) is 4.19. The minimum absolute atomic E-state index is 0.0251. The van der Waals surface area contributed by atoms with Gasteiger partial charge in [-0.15, -0.1) is 0 Å². The van der Waals surface area contributed by atoms with Gasteiger partial charge in [0, 0.05) is 35.8 Å². The van der Waals surface area contributed by atoms with Crippen molar-refractivity contribution in [3.63, 3.8) is 0 Å². The summed E-state index contributed by atoms with van der Waals surface area (Å²) < 4.78 is 5.24. The van der Waals surface area contributed by atoms with E-state index < -0.39 is 0 Å². The van der Waals surface area contributed by atoms with Crippen LogP contribution in [0.15, 0.2) is 42.5 Å². The molecule has 31 heavy (non-hydrogen) atoms. The Bertz CT molecular complexity index is 962. The minimum atomic E-state index is -0.359. The summed E-state index contributed by atoms with van der Waals surface area (Å²) in [6.45, 7) is 3.22. The summed E-state index contributed by atoms with van der Waals surface area (Å²) in [5.74, 6) is -0.347. The van der Waals surface area contributed by atoms with Crippen molar-refractivity contribution < 1.29 is 19.1 Å². The number of nitrogens with one attached hydrogen (secondary N) is 2. The Hall–Kier alpha value is -3.06. The monoisotopic (exact) mass is 443 g/mol. The van der Waals surface area contributed by atoms with Crippen LogP contribution in [0, 0.1) is 5.92 Å². The van der Waals surface area contributed by atoms with E-state index in [0.717, 1.165) is 12.8 Å². The quantitative estimate of drug-likeness (QED) is 0.640. The minimum Gasteiger partial charge on any atom is -0.495 e. The zero-order valence-electron chi connectivity index (χ0n) is 17.6. The normalized spacial score (nSPS) is 15.6. The molecule has 164 valence electrons. The molecule has 8 heteroatoms. The second-order valence-electron chi connectivity index (χ2n) is 7.46. The van der Waals surface area contributed by atoms with E-state index in [9.17, 15) is 14.4 Å². The molecule has 0 radical (unpaired) electrons. The third kappa shape index (κ3) is 5.76. The molecule has 2 N–H and O–H groups in total. The van der Waals surface area contributed by atoms with Gasteiger partial charge in [0.2, 0.25) is 11.8 Å². The Morgan fingerprint density at radius 1 is 1.16 bits per heavy atom. The zero-order chi connectivity index (χ0) is 22.4. The summed E-state index contributed by atoms with van der Waals surface area (Å²) in [7, 11) is 1.51. The second kappa shape index (κ2) is 10.3. The highest BCUT2D eigenvalue weighted by Crippen LogP contribution is 2.28. The molecule has 0 aliphatic carbocycles. The molecule has 3 amide bonds. The van der Waals surface area contributed by atoms with Crippen LogP contribution in [-0.4, -0.2) is 42.8 Å². The van der Waals surface area contributed by atoms with Crippen LogP contribution in [0.3, 0.4) is 0 Å². The summed E-state index contributed by atoms with van der Waals surface area (Å²) in [5, 5.41) is 6.09. The Balaban J connectivity index is 1.59. The molecule has 2 aromatic carbocycles. The van der Waals surface area contributed by atoms with Crippen LogP contribution >= 0.6 is 11.6 Å². The largest absolute Gasteiger partial charge is 0.495 e. The smallest absolute Gasteiger partial charge is 0.255 e. The Morgan fingerprint density at radius 2 is 1.90 bits per heavy atom. The first-order valence-corrected chi connectivity index (χ1v) is 10.6. The molecule has 0 bridgehead atoms. The van der Waals surface area contributed by atoms with E-state index in [0.29, 0.717) is 40.8 Å². The fourth-order valence-electron chi connectivity index (χ4n) is 3.43. The van der Waals surface area contributed by atoms with E-state index in [4.69, 9.17) is 16.3 Å². The first kappa shape index (κ1) is 22.6. The van der Waals surface area contributed by atoms with E-state index >= 15 is 0 Å². The van der Waals surface area contributed by atoms with E-state index in [1.54, 1.807) is 47.4 Å². The van der Waals surface area contributed by atoms with Crippen molar-refractivity contribution in [2.75, 3.05) is 30.8 Å². The molecular weight excluding hydrogens is 418 g/mol. The molecule has 1 aliphatic rings. The first-order valence-electron chi connectivity index (χ1n) is 10.2. The van der Waals surface area contributed by atoms with E-state index in [1.807, 2.05) is 0 Å². The number of ether oxygens (including phenoxy) is 1. The number of nitrogens with zero attached hydrogens (tertiary/aromatic N) is 1. The maximum absolute atomic E-state index is 12.6. The van der Waals surface area contributed by atoms with E-state index in [2.05, 4.69) is 17.6 Å². The van der Waals surface area contributed by atoms with Crippen molar-refractivity contribution in [2.24, 2.45) is 5.92 Å². The van der Waals surface area contributed by atoms with Crippen LogP contribution in [0.5, 0.6) is 5.75 Å². The molecule has 7 nitrogen and oxygen atoms in total. The van der Waals surface area contributed by atoms with Gasteiger partial charge in [-0.25, -0.2) is 0 Å². The van der Waals surface area contributed by atoms with Gasteiger partial charge in [0.05, 0.1) is 18.7 Å². The number of rotatable bonds is 8. The third-order valence-corrected chi connectivity index (χ3v) is 5.43. The molecule has 1 atom stereocenters. The topological polar surface area (TPSA) is 87.7 Å². The van der Waals surface area contributed by atoms with Crippen molar-refractivity contribution in [2.45, 2.75) is 26.2 Å². The average Bonchev–Trinajstić information content (AvgIpc) is 3.13. The number of hydrogen-bond donors (Lipinski definition) is 2. The van der Waals surface area contributed by atoms with Gasteiger partial charge in [0.1, 0.15) is 5.75 Å².